The topological polar surface area (TPSA) is 84.7 Å². The molecule has 4 heterocycles. The van der Waals surface area contributed by atoms with Gasteiger partial charge in [-0.25, -0.2) is 0 Å². The first-order valence-corrected chi connectivity index (χ1v) is 10.4. The maximum atomic E-state index is 12.6. The first-order valence-electron chi connectivity index (χ1n) is 10.4. The molecule has 0 bridgehead atoms. The standard InChI is InChI=1S/C20H28N4O4/c25-18-12-16(24-9-2-5-17(24)21-18)15-4-1-8-23(13-15)20(27)14-28-11-10-22-7-3-6-19(22)26/h12,15H,1-11,13-14H2/t15-/m0/s1. The van der Waals surface area contributed by atoms with E-state index in [1.54, 1.807) is 11.0 Å². The number of piperidine rings is 1. The number of aryl methyl sites for hydroxylation is 1. The summed E-state index contributed by atoms with van der Waals surface area (Å²) >= 11 is 0. The van der Waals surface area contributed by atoms with E-state index >= 15 is 0 Å². The van der Waals surface area contributed by atoms with E-state index in [4.69, 9.17) is 4.74 Å². The summed E-state index contributed by atoms with van der Waals surface area (Å²) in [7, 11) is 0. The van der Waals surface area contributed by atoms with Gasteiger partial charge in [0.05, 0.1) is 6.61 Å². The van der Waals surface area contributed by atoms with E-state index < -0.39 is 0 Å². The van der Waals surface area contributed by atoms with Crippen molar-refractivity contribution >= 4 is 11.8 Å². The molecule has 0 aliphatic carbocycles. The van der Waals surface area contributed by atoms with Crippen LogP contribution >= 0.6 is 0 Å². The summed E-state index contributed by atoms with van der Waals surface area (Å²) in [5.41, 5.74) is 0.852. The lowest BCUT2D eigenvalue weighted by molar-refractivity contribution is -0.137. The Morgan fingerprint density at radius 3 is 2.82 bits per heavy atom. The van der Waals surface area contributed by atoms with E-state index in [0.717, 1.165) is 63.3 Å². The van der Waals surface area contributed by atoms with Crippen LogP contribution in [0.2, 0.25) is 0 Å². The zero-order valence-electron chi connectivity index (χ0n) is 16.3. The van der Waals surface area contributed by atoms with Gasteiger partial charge in [-0.15, -0.1) is 0 Å². The van der Waals surface area contributed by atoms with Crippen molar-refractivity contribution in [3.8, 4) is 0 Å². The number of hydrogen-bond acceptors (Lipinski definition) is 5. The highest BCUT2D eigenvalue weighted by Crippen LogP contribution is 2.28. The van der Waals surface area contributed by atoms with E-state index in [1.165, 1.54) is 0 Å². The van der Waals surface area contributed by atoms with E-state index in [2.05, 4.69) is 9.55 Å². The number of ether oxygens (including phenoxy) is 1. The maximum Gasteiger partial charge on any atom is 0.273 e. The van der Waals surface area contributed by atoms with Crippen LogP contribution in [-0.2, 0) is 27.3 Å². The molecule has 0 N–H and O–H groups in total. The molecular formula is C20H28N4O4. The summed E-state index contributed by atoms with van der Waals surface area (Å²) in [5.74, 6) is 1.21. The van der Waals surface area contributed by atoms with Gasteiger partial charge >= 0.3 is 0 Å². The molecule has 1 atom stereocenters. The second kappa shape index (κ2) is 8.43. The van der Waals surface area contributed by atoms with Crippen LogP contribution in [0, 0.1) is 0 Å². The average molecular weight is 388 g/mol. The molecule has 1 aromatic rings. The monoisotopic (exact) mass is 388 g/mol. The van der Waals surface area contributed by atoms with E-state index in [1.807, 2.05) is 4.90 Å². The van der Waals surface area contributed by atoms with Crippen LogP contribution in [-0.4, -0.2) is 70.6 Å². The molecule has 0 saturated carbocycles. The van der Waals surface area contributed by atoms with Crippen molar-refractivity contribution in [2.45, 2.75) is 51.0 Å². The Bertz CT molecular complexity index is 806. The van der Waals surface area contributed by atoms with Gasteiger partial charge in [0.2, 0.25) is 11.8 Å². The first-order chi connectivity index (χ1) is 13.6. The first kappa shape index (κ1) is 19.1. The number of carbonyl (C=O) groups is 2. The van der Waals surface area contributed by atoms with Crippen LogP contribution < -0.4 is 5.56 Å². The molecule has 152 valence electrons. The molecule has 8 nitrogen and oxygen atoms in total. The fraction of sp³-hybridized carbons (Fsp3) is 0.700. The second-order valence-electron chi connectivity index (χ2n) is 7.91. The van der Waals surface area contributed by atoms with Crippen molar-refractivity contribution in [2.24, 2.45) is 0 Å². The molecule has 2 saturated heterocycles. The number of hydrogen-bond donors (Lipinski definition) is 0. The van der Waals surface area contributed by atoms with Gasteiger partial charge in [0.15, 0.2) is 0 Å². The number of fused-ring (bicyclic) bond motifs is 1. The van der Waals surface area contributed by atoms with Crippen molar-refractivity contribution in [3.05, 3.63) is 27.9 Å². The normalized spacial score (nSPS) is 22.0. The fourth-order valence-electron chi connectivity index (χ4n) is 4.57. The quantitative estimate of drug-likeness (QED) is 0.664. The highest BCUT2D eigenvalue weighted by Gasteiger charge is 2.28. The number of rotatable bonds is 6. The SMILES string of the molecule is O=C1CCCN1CCOCC(=O)N1CCC[C@H](c2cc(=O)nc3n2CCC3)C1. The van der Waals surface area contributed by atoms with Crippen LogP contribution in [0.5, 0.6) is 0 Å². The Balaban J connectivity index is 1.31. The minimum absolute atomic E-state index is 0.0181. The molecule has 0 unspecified atom stereocenters. The third kappa shape index (κ3) is 4.11. The highest BCUT2D eigenvalue weighted by molar-refractivity contribution is 5.78. The highest BCUT2D eigenvalue weighted by atomic mass is 16.5. The Morgan fingerprint density at radius 1 is 1.14 bits per heavy atom. The van der Waals surface area contributed by atoms with E-state index in [-0.39, 0.29) is 29.9 Å². The molecule has 4 rings (SSSR count). The van der Waals surface area contributed by atoms with Gasteiger partial charge in [-0.2, -0.15) is 4.98 Å². The third-order valence-electron chi connectivity index (χ3n) is 6.01. The molecule has 3 aliphatic rings. The lowest BCUT2D eigenvalue weighted by Crippen LogP contribution is -2.42. The molecule has 2 fully saturated rings. The minimum atomic E-state index is -0.175. The minimum Gasteiger partial charge on any atom is -0.370 e. The largest absolute Gasteiger partial charge is 0.370 e. The molecule has 28 heavy (non-hydrogen) atoms. The Kier molecular flexibility index (Phi) is 5.75. The molecule has 2 amide bonds. The Morgan fingerprint density at radius 2 is 2.00 bits per heavy atom. The molecule has 0 aromatic carbocycles. The van der Waals surface area contributed by atoms with Gasteiger partial charge in [0, 0.05) is 63.2 Å². The lowest BCUT2D eigenvalue weighted by atomic mass is 9.94. The van der Waals surface area contributed by atoms with Gasteiger partial charge in [0.25, 0.3) is 5.56 Å². The number of likely N-dealkylation sites (tertiary alicyclic amines) is 2. The summed E-state index contributed by atoms with van der Waals surface area (Å²) in [4.78, 5) is 43.9. The predicted octanol–water partition coefficient (Wildman–Crippen LogP) is 0.535. The van der Waals surface area contributed by atoms with Crippen LogP contribution in [0.1, 0.15) is 49.5 Å². The predicted molar refractivity (Wildman–Crippen MR) is 102 cm³/mol. The third-order valence-corrected chi connectivity index (χ3v) is 6.01. The van der Waals surface area contributed by atoms with Gasteiger partial charge in [-0.1, -0.05) is 0 Å². The van der Waals surface area contributed by atoms with Crippen molar-refractivity contribution < 1.29 is 14.3 Å². The van der Waals surface area contributed by atoms with Crippen molar-refractivity contribution in [1.82, 2.24) is 19.4 Å². The Hall–Kier alpha value is -2.22. The number of nitrogens with zero attached hydrogens (tertiary/aromatic N) is 4. The van der Waals surface area contributed by atoms with Gasteiger partial charge in [-0.3, -0.25) is 14.4 Å². The van der Waals surface area contributed by atoms with Gasteiger partial charge in [-0.05, 0) is 25.7 Å². The number of aromatic nitrogens is 2. The van der Waals surface area contributed by atoms with Gasteiger partial charge < -0.3 is 19.1 Å². The summed E-state index contributed by atoms with van der Waals surface area (Å²) in [6.45, 7) is 4.04. The lowest BCUT2D eigenvalue weighted by Gasteiger charge is -2.34. The fourth-order valence-corrected chi connectivity index (χ4v) is 4.57. The maximum absolute atomic E-state index is 12.6. The molecule has 8 heteroatoms. The van der Waals surface area contributed by atoms with Crippen LogP contribution in [0.25, 0.3) is 0 Å². The molecule has 0 radical (unpaired) electrons. The molecule has 3 aliphatic heterocycles. The zero-order chi connectivity index (χ0) is 19.5. The van der Waals surface area contributed by atoms with Gasteiger partial charge in [0.1, 0.15) is 12.4 Å². The average Bonchev–Trinajstić information content (AvgIpc) is 3.33. The number of amides is 2. The van der Waals surface area contributed by atoms with E-state index in [9.17, 15) is 14.4 Å². The molecular weight excluding hydrogens is 360 g/mol. The molecule has 0 spiro atoms. The molecule has 1 aromatic heterocycles. The summed E-state index contributed by atoms with van der Waals surface area (Å²) in [6, 6.07) is 1.65. The van der Waals surface area contributed by atoms with Crippen LogP contribution in [0.15, 0.2) is 10.9 Å². The Labute approximate surface area is 164 Å². The summed E-state index contributed by atoms with van der Waals surface area (Å²) < 4.78 is 7.71. The van der Waals surface area contributed by atoms with Crippen molar-refractivity contribution in [2.75, 3.05) is 39.4 Å². The van der Waals surface area contributed by atoms with E-state index in [0.29, 0.717) is 26.1 Å². The summed E-state index contributed by atoms with van der Waals surface area (Å²) in [5, 5.41) is 0. The van der Waals surface area contributed by atoms with Crippen molar-refractivity contribution in [1.29, 1.82) is 0 Å². The smallest absolute Gasteiger partial charge is 0.273 e. The summed E-state index contributed by atoms with van der Waals surface area (Å²) in [6.07, 6.45) is 5.30. The zero-order valence-corrected chi connectivity index (χ0v) is 16.3. The second-order valence-corrected chi connectivity index (χ2v) is 7.91. The number of carbonyl (C=O) groups excluding carboxylic acids is 2. The van der Waals surface area contributed by atoms with Crippen LogP contribution in [0.4, 0.5) is 0 Å². The van der Waals surface area contributed by atoms with Crippen LogP contribution in [0.3, 0.4) is 0 Å². The van der Waals surface area contributed by atoms with Crippen molar-refractivity contribution in [3.63, 3.8) is 0 Å².